The van der Waals surface area contributed by atoms with Crippen LogP contribution in [0.4, 0.5) is 18.9 Å². The molecule has 1 saturated heterocycles. The number of hydrogen-bond donors (Lipinski definition) is 1. The normalized spacial score (nSPS) is 27.5. The van der Waals surface area contributed by atoms with Crippen molar-refractivity contribution in [3.8, 4) is 11.5 Å². The van der Waals surface area contributed by atoms with Gasteiger partial charge in [0.2, 0.25) is 11.8 Å². The average Bonchev–Trinajstić information content (AvgIpc) is 3.79. The fourth-order valence-electron chi connectivity index (χ4n) is 8.31. The van der Waals surface area contributed by atoms with Crippen molar-refractivity contribution in [2.75, 3.05) is 12.0 Å². The summed E-state index contributed by atoms with van der Waals surface area (Å²) in [5.74, 6) is -1.70. The van der Waals surface area contributed by atoms with Crippen molar-refractivity contribution in [1.29, 1.82) is 0 Å². The van der Waals surface area contributed by atoms with Gasteiger partial charge in [-0.25, -0.2) is 0 Å². The summed E-state index contributed by atoms with van der Waals surface area (Å²) in [6.45, 7) is 2.38. The number of carbonyl (C=O) groups is 2. The highest BCUT2D eigenvalue weighted by Gasteiger charge is 2.69. The standard InChI is InChI=1S/C35H29F3N2O5S2/c1-16-6-8-17(9-7-16)15-45-23-11-10-18(12-24(23)44-2)25-26-21-14-22(29(26)46-31-30(25)47-34(43)39-31)28-27(21)32(41)40(33(28)42)20-5-3-4-19(13-20)35(36,37)38/h3-13,21-22,25-29H,14-15H2,1-2H3,(H,39,43)/t21-,22-,25?,26?,27?,28?,29?/m1/s1. The van der Waals surface area contributed by atoms with E-state index in [4.69, 9.17) is 9.47 Å². The number of fused-ring (bicyclic) bond motifs is 9. The van der Waals surface area contributed by atoms with E-state index < -0.39 is 35.4 Å². The number of H-pyrrole nitrogens is 1. The Balaban J connectivity index is 1.14. The zero-order chi connectivity index (χ0) is 32.8. The Labute approximate surface area is 276 Å². The van der Waals surface area contributed by atoms with E-state index in [9.17, 15) is 27.6 Å². The van der Waals surface area contributed by atoms with Crippen molar-refractivity contribution >= 4 is 40.6 Å². The molecule has 0 spiro atoms. The van der Waals surface area contributed by atoms with Crippen molar-refractivity contribution in [3.05, 3.63) is 104 Å². The van der Waals surface area contributed by atoms with Crippen LogP contribution in [0.25, 0.3) is 0 Å². The predicted octanol–water partition coefficient (Wildman–Crippen LogP) is 7.03. The third-order valence-corrected chi connectivity index (χ3v) is 12.8. The number of thiazole rings is 1. The monoisotopic (exact) mass is 678 g/mol. The summed E-state index contributed by atoms with van der Waals surface area (Å²) in [4.78, 5) is 45.2. The Morgan fingerprint density at radius 1 is 0.936 bits per heavy atom. The average molecular weight is 679 g/mol. The lowest BCUT2D eigenvalue weighted by molar-refractivity contribution is -0.137. The van der Waals surface area contributed by atoms with E-state index in [1.807, 2.05) is 49.4 Å². The molecule has 1 N–H and O–H groups in total. The maximum atomic E-state index is 14.0. The predicted molar refractivity (Wildman–Crippen MR) is 171 cm³/mol. The van der Waals surface area contributed by atoms with Gasteiger partial charge in [0.15, 0.2) is 11.5 Å². The number of nitrogens with one attached hydrogen (secondary N) is 1. The van der Waals surface area contributed by atoms with Gasteiger partial charge in [-0.2, -0.15) is 13.2 Å². The van der Waals surface area contributed by atoms with Crippen LogP contribution < -0.4 is 19.2 Å². The first-order chi connectivity index (χ1) is 22.5. The summed E-state index contributed by atoms with van der Waals surface area (Å²) in [5.41, 5.74) is 2.12. The number of ether oxygens (including phenoxy) is 2. The van der Waals surface area contributed by atoms with Crippen LogP contribution in [-0.4, -0.2) is 29.2 Å². The Morgan fingerprint density at radius 2 is 1.68 bits per heavy atom. The number of thioether (sulfide) groups is 1. The van der Waals surface area contributed by atoms with E-state index in [-0.39, 0.29) is 39.5 Å². The SMILES string of the molecule is COc1cc(C2c3sc(=O)[nH]c3SC3C2[C@H]2C[C@@H]3C3C(=O)N(c4cccc(C(F)(F)F)c4)C(=O)C32)ccc1OCc1ccc(C)cc1. The molecule has 47 heavy (non-hydrogen) atoms. The summed E-state index contributed by atoms with van der Waals surface area (Å²) < 4.78 is 52.5. The molecule has 4 aromatic rings. The first-order valence-corrected chi connectivity index (χ1v) is 17.0. The minimum absolute atomic E-state index is 0.0507. The number of anilines is 1. The molecule has 0 radical (unpaired) electrons. The number of aryl methyl sites for hydroxylation is 1. The molecule has 2 bridgehead atoms. The van der Waals surface area contributed by atoms with Crippen LogP contribution >= 0.6 is 23.1 Å². The molecule has 4 aliphatic rings. The van der Waals surface area contributed by atoms with Crippen LogP contribution in [0.5, 0.6) is 11.5 Å². The summed E-state index contributed by atoms with van der Waals surface area (Å²) in [6.07, 6.45) is -3.94. The minimum Gasteiger partial charge on any atom is -0.493 e. The van der Waals surface area contributed by atoms with E-state index in [0.717, 1.165) is 55.0 Å². The van der Waals surface area contributed by atoms with Gasteiger partial charge in [0.1, 0.15) is 6.61 Å². The molecule has 3 fully saturated rings. The Hall–Kier alpha value is -4.03. The van der Waals surface area contributed by atoms with Crippen molar-refractivity contribution in [1.82, 2.24) is 4.98 Å². The van der Waals surface area contributed by atoms with Crippen LogP contribution in [0.3, 0.4) is 0 Å². The fraction of sp³-hybridized carbons (Fsp3) is 0.343. The summed E-state index contributed by atoms with van der Waals surface area (Å²) in [5, 5.41) is 0.700. The lowest BCUT2D eigenvalue weighted by Gasteiger charge is -2.43. The van der Waals surface area contributed by atoms with Crippen LogP contribution in [0.1, 0.15) is 39.5 Å². The van der Waals surface area contributed by atoms with Gasteiger partial charge in [0, 0.05) is 16.0 Å². The summed E-state index contributed by atoms with van der Waals surface area (Å²) >= 11 is 2.70. The lowest BCUT2D eigenvalue weighted by atomic mass is 9.68. The molecular formula is C35H29F3N2O5S2. The van der Waals surface area contributed by atoms with E-state index in [1.165, 1.54) is 12.1 Å². The molecule has 8 rings (SSSR count). The second-order valence-corrected chi connectivity index (χ2v) is 14.9. The summed E-state index contributed by atoms with van der Waals surface area (Å²) in [7, 11) is 1.57. The van der Waals surface area contributed by atoms with Gasteiger partial charge >= 0.3 is 11.0 Å². The Kier molecular flexibility index (Phi) is 7.10. The smallest absolute Gasteiger partial charge is 0.416 e. The number of alkyl halides is 3. The highest BCUT2D eigenvalue weighted by Crippen LogP contribution is 2.69. The molecule has 5 unspecified atom stereocenters. The van der Waals surface area contributed by atoms with Gasteiger partial charge in [0.05, 0.1) is 35.2 Å². The molecular weight excluding hydrogens is 650 g/mol. The van der Waals surface area contributed by atoms with Crippen LogP contribution in [0, 0.1) is 36.5 Å². The number of rotatable bonds is 6. The fourth-order valence-corrected chi connectivity index (χ4v) is 11.2. The lowest BCUT2D eigenvalue weighted by Crippen LogP contribution is -2.42. The number of methoxy groups -OCH3 is 1. The third-order valence-electron chi connectivity index (χ3n) is 10.2. The van der Waals surface area contributed by atoms with Gasteiger partial charge in [-0.05, 0) is 72.6 Å². The van der Waals surface area contributed by atoms with Crippen LogP contribution in [0.15, 0.2) is 76.6 Å². The van der Waals surface area contributed by atoms with Gasteiger partial charge in [-0.15, -0.1) is 11.8 Å². The van der Waals surface area contributed by atoms with Gasteiger partial charge in [0.25, 0.3) is 0 Å². The topological polar surface area (TPSA) is 88.7 Å². The highest BCUT2D eigenvalue weighted by atomic mass is 32.2. The molecule has 7 atom stereocenters. The molecule has 2 saturated carbocycles. The number of aromatic amines is 1. The molecule has 2 aliphatic carbocycles. The number of benzene rings is 3. The number of nitrogens with zero attached hydrogens (tertiary/aromatic N) is 1. The van der Waals surface area contributed by atoms with Gasteiger partial charge < -0.3 is 14.5 Å². The Morgan fingerprint density at radius 3 is 2.40 bits per heavy atom. The van der Waals surface area contributed by atoms with Gasteiger partial charge in [-0.1, -0.05) is 53.3 Å². The highest BCUT2D eigenvalue weighted by molar-refractivity contribution is 8.00. The first-order valence-electron chi connectivity index (χ1n) is 15.3. The van der Waals surface area contributed by atoms with Crippen molar-refractivity contribution in [3.63, 3.8) is 0 Å². The number of hydrogen-bond acceptors (Lipinski definition) is 7. The van der Waals surface area contributed by atoms with Crippen LogP contribution in [-0.2, 0) is 22.4 Å². The number of aromatic nitrogens is 1. The zero-order valence-electron chi connectivity index (χ0n) is 25.2. The van der Waals surface area contributed by atoms with Crippen LogP contribution in [0.2, 0.25) is 0 Å². The minimum atomic E-state index is -4.60. The zero-order valence-corrected chi connectivity index (χ0v) is 26.9. The molecule has 2 amide bonds. The van der Waals surface area contributed by atoms with Crippen molar-refractivity contribution in [2.45, 2.75) is 42.3 Å². The van der Waals surface area contributed by atoms with E-state index >= 15 is 0 Å². The maximum Gasteiger partial charge on any atom is 0.416 e. The molecule has 3 aromatic carbocycles. The van der Waals surface area contributed by atoms with E-state index in [1.54, 1.807) is 18.9 Å². The second kappa shape index (κ2) is 11.0. The molecule has 2 aliphatic heterocycles. The number of amides is 2. The first kappa shape index (κ1) is 30.3. The third kappa shape index (κ3) is 4.82. The number of halogens is 3. The van der Waals surface area contributed by atoms with E-state index in [2.05, 4.69) is 4.98 Å². The quantitative estimate of drug-likeness (QED) is 0.221. The maximum absolute atomic E-state index is 14.0. The molecule has 1 aromatic heterocycles. The number of imide groups is 1. The molecule has 242 valence electrons. The van der Waals surface area contributed by atoms with Gasteiger partial charge in [-0.3, -0.25) is 19.3 Å². The Bertz CT molecular complexity index is 1970. The van der Waals surface area contributed by atoms with Crippen molar-refractivity contribution < 1.29 is 32.2 Å². The van der Waals surface area contributed by atoms with Crippen molar-refractivity contribution in [2.24, 2.45) is 29.6 Å². The second-order valence-electron chi connectivity index (χ2n) is 12.7. The number of carbonyl (C=O) groups excluding carboxylic acids is 2. The molecule has 12 heteroatoms. The largest absolute Gasteiger partial charge is 0.493 e. The summed E-state index contributed by atoms with van der Waals surface area (Å²) in [6, 6.07) is 18.3. The molecule has 7 nitrogen and oxygen atoms in total. The van der Waals surface area contributed by atoms with E-state index in [0.29, 0.717) is 24.5 Å². The molecule has 3 heterocycles.